The Labute approximate surface area is 152 Å². The molecule has 0 spiro atoms. The second-order valence-electron chi connectivity index (χ2n) is 6.96. The quantitative estimate of drug-likeness (QED) is 0.553. The molecule has 0 unspecified atom stereocenters. The van der Waals surface area contributed by atoms with Gasteiger partial charge in [-0.25, -0.2) is 4.39 Å². The van der Waals surface area contributed by atoms with E-state index in [0.717, 1.165) is 16.8 Å². The van der Waals surface area contributed by atoms with E-state index in [-0.39, 0.29) is 5.82 Å². The minimum absolute atomic E-state index is 0.287. The van der Waals surface area contributed by atoms with Gasteiger partial charge in [-0.3, -0.25) is 0 Å². The zero-order valence-corrected chi connectivity index (χ0v) is 15.9. The van der Waals surface area contributed by atoms with Gasteiger partial charge >= 0.3 is 0 Å². The molecule has 0 heterocycles. The topological polar surface area (TPSA) is 9.23 Å². The van der Waals surface area contributed by atoms with Gasteiger partial charge < -0.3 is 4.74 Å². The van der Waals surface area contributed by atoms with E-state index in [1.807, 2.05) is 12.1 Å². The molecule has 0 amide bonds. The summed E-state index contributed by atoms with van der Waals surface area (Å²) in [4.78, 5) is 0. The van der Waals surface area contributed by atoms with Crippen LogP contribution in [0.5, 0.6) is 5.75 Å². The van der Waals surface area contributed by atoms with Crippen molar-refractivity contribution in [3.8, 4) is 5.75 Å². The van der Waals surface area contributed by atoms with Crippen LogP contribution in [-0.4, -0.2) is 7.11 Å². The molecular weight excluding hydrogens is 367 g/mol. The normalized spacial score (nSPS) is 21.7. The van der Waals surface area contributed by atoms with Gasteiger partial charge in [-0.05, 0) is 78.8 Å². The zero-order chi connectivity index (χ0) is 17.1. The van der Waals surface area contributed by atoms with Crippen molar-refractivity contribution in [2.24, 2.45) is 5.92 Å². The van der Waals surface area contributed by atoms with Crippen molar-refractivity contribution in [3.05, 3.63) is 63.9 Å². The van der Waals surface area contributed by atoms with Crippen molar-refractivity contribution in [1.29, 1.82) is 0 Å². The second kappa shape index (κ2) is 7.69. The van der Waals surface area contributed by atoms with Gasteiger partial charge in [-0.15, -0.1) is 0 Å². The number of methoxy groups -OCH3 is 1. The number of benzene rings is 2. The summed E-state index contributed by atoms with van der Waals surface area (Å²) in [6.07, 6.45) is 4.96. The Morgan fingerprint density at radius 1 is 1.17 bits per heavy atom. The first-order chi connectivity index (χ1) is 11.6. The third-order valence-corrected chi connectivity index (χ3v) is 5.84. The maximum atomic E-state index is 13.6. The third-order valence-electron chi connectivity index (χ3n) is 5.31. The summed E-state index contributed by atoms with van der Waals surface area (Å²) in [7, 11) is 1.52. The van der Waals surface area contributed by atoms with Gasteiger partial charge in [0.1, 0.15) is 0 Å². The molecule has 3 atom stereocenters. The summed E-state index contributed by atoms with van der Waals surface area (Å²) >= 11 is 3.50. The van der Waals surface area contributed by atoms with Crippen LogP contribution < -0.4 is 4.74 Å². The number of rotatable bonds is 5. The Kier molecular flexibility index (Phi) is 5.60. The van der Waals surface area contributed by atoms with Gasteiger partial charge in [-0.2, -0.15) is 0 Å². The fraction of sp³-hybridized carbons (Fsp3) is 0.429. The molecule has 2 aromatic rings. The molecule has 2 aromatic carbocycles. The highest BCUT2D eigenvalue weighted by Crippen LogP contribution is 2.42. The van der Waals surface area contributed by atoms with E-state index < -0.39 is 0 Å². The van der Waals surface area contributed by atoms with Crippen LogP contribution in [0.15, 0.2) is 46.9 Å². The molecule has 24 heavy (non-hydrogen) atoms. The molecule has 0 radical (unpaired) electrons. The minimum Gasteiger partial charge on any atom is -0.494 e. The Balaban J connectivity index is 1.61. The van der Waals surface area contributed by atoms with Gasteiger partial charge in [0.05, 0.1) is 7.11 Å². The molecule has 0 aromatic heterocycles. The first kappa shape index (κ1) is 17.5. The van der Waals surface area contributed by atoms with E-state index in [0.29, 0.717) is 17.6 Å². The molecule has 1 aliphatic rings. The lowest BCUT2D eigenvalue weighted by atomic mass is 9.88. The molecule has 128 valence electrons. The second-order valence-corrected chi connectivity index (χ2v) is 7.87. The van der Waals surface area contributed by atoms with Gasteiger partial charge in [0.15, 0.2) is 11.6 Å². The van der Waals surface area contributed by atoms with E-state index in [9.17, 15) is 4.39 Å². The lowest BCUT2D eigenvalue weighted by Crippen LogP contribution is -2.03. The van der Waals surface area contributed by atoms with Crippen LogP contribution in [-0.2, 0) is 0 Å². The maximum absolute atomic E-state index is 13.6. The summed E-state index contributed by atoms with van der Waals surface area (Å²) in [6.45, 7) is 2.24. The molecule has 1 aliphatic carbocycles. The Morgan fingerprint density at radius 3 is 2.62 bits per heavy atom. The SMILES string of the molecule is COc1cc([C@@H](C)C[C@H]2CC[C@@H](c3ccc(Br)cc3)C2)ccc1F. The monoisotopic (exact) mass is 390 g/mol. The van der Waals surface area contributed by atoms with Crippen molar-refractivity contribution >= 4 is 15.9 Å². The van der Waals surface area contributed by atoms with E-state index in [4.69, 9.17) is 4.74 Å². The smallest absolute Gasteiger partial charge is 0.165 e. The lowest BCUT2D eigenvalue weighted by molar-refractivity contribution is 0.384. The maximum Gasteiger partial charge on any atom is 0.165 e. The van der Waals surface area contributed by atoms with E-state index in [1.54, 1.807) is 0 Å². The fourth-order valence-corrected chi connectivity index (χ4v) is 4.21. The Bertz CT molecular complexity index is 683. The molecule has 0 saturated heterocycles. The molecule has 3 rings (SSSR count). The van der Waals surface area contributed by atoms with Crippen molar-refractivity contribution in [2.45, 2.75) is 44.4 Å². The zero-order valence-electron chi connectivity index (χ0n) is 14.3. The van der Waals surface area contributed by atoms with Gasteiger partial charge in [0.25, 0.3) is 0 Å². The highest BCUT2D eigenvalue weighted by molar-refractivity contribution is 9.10. The molecule has 1 saturated carbocycles. The Morgan fingerprint density at radius 2 is 1.92 bits per heavy atom. The van der Waals surface area contributed by atoms with Crippen LogP contribution >= 0.6 is 15.9 Å². The van der Waals surface area contributed by atoms with Gasteiger partial charge in [0, 0.05) is 4.47 Å². The number of hydrogen-bond donors (Lipinski definition) is 0. The molecule has 0 aliphatic heterocycles. The Hall–Kier alpha value is -1.35. The standard InChI is InChI=1S/C21H24BrFO/c1-14(17-7-10-20(23)21(13-17)24-2)11-15-3-4-18(12-15)16-5-8-19(22)9-6-16/h5-10,13-15,18H,3-4,11-12H2,1-2H3/t14-,15+,18+/m0/s1. The van der Waals surface area contributed by atoms with Crippen LogP contribution in [0.2, 0.25) is 0 Å². The van der Waals surface area contributed by atoms with Crippen LogP contribution in [0.25, 0.3) is 0 Å². The molecular formula is C21H24BrFO. The predicted molar refractivity (Wildman–Crippen MR) is 100 cm³/mol. The highest BCUT2D eigenvalue weighted by Gasteiger charge is 2.27. The molecule has 0 bridgehead atoms. The predicted octanol–water partition coefficient (Wildman–Crippen LogP) is 6.67. The van der Waals surface area contributed by atoms with E-state index in [1.165, 1.54) is 43.6 Å². The summed E-state index contributed by atoms with van der Waals surface area (Å²) in [6, 6.07) is 14.0. The van der Waals surface area contributed by atoms with Crippen LogP contribution in [0.1, 0.15) is 55.6 Å². The van der Waals surface area contributed by atoms with Crippen molar-refractivity contribution in [2.75, 3.05) is 7.11 Å². The van der Waals surface area contributed by atoms with Crippen LogP contribution in [0, 0.1) is 11.7 Å². The largest absolute Gasteiger partial charge is 0.494 e. The van der Waals surface area contributed by atoms with Crippen molar-refractivity contribution in [1.82, 2.24) is 0 Å². The number of ether oxygens (including phenoxy) is 1. The summed E-state index contributed by atoms with van der Waals surface area (Å²) in [5.74, 6) is 1.90. The summed E-state index contributed by atoms with van der Waals surface area (Å²) < 4.78 is 19.8. The van der Waals surface area contributed by atoms with Crippen LogP contribution in [0.4, 0.5) is 4.39 Å². The third kappa shape index (κ3) is 4.00. The number of halogens is 2. The van der Waals surface area contributed by atoms with Crippen LogP contribution in [0.3, 0.4) is 0 Å². The molecule has 0 N–H and O–H groups in total. The molecule has 3 heteroatoms. The minimum atomic E-state index is -0.287. The first-order valence-electron chi connectivity index (χ1n) is 8.65. The first-order valence-corrected chi connectivity index (χ1v) is 9.45. The average molecular weight is 391 g/mol. The lowest BCUT2D eigenvalue weighted by Gasteiger charge is -2.18. The number of hydrogen-bond acceptors (Lipinski definition) is 1. The van der Waals surface area contributed by atoms with Gasteiger partial charge in [-0.1, -0.05) is 41.1 Å². The van der Waals surface area contributed by atoms with Crippen molar-refractivity contribution in [3.63, 3.8) is 0 Å². The average Bonchev–Trinajstić information content (AvgIpc) is 3.04. The fourth-order valence-electron chi connectivity index (χ4n) is 3.95. The highest BCUT2D eigenvalue weighted by atomic mass is 79.9. The van der Waals surface area contributed by atoms with E-state index >= 15 is 0 Å². The van der Waals surface area contributed by atoms with E-state index in [2.05, 4.69) is 47.1 Å². The molecule has 1 fully saturated rings. The van der Waals surface area contributed by atoms with Gasteiger partial charge in [0.2, 0.25) is 0 Å². The summed E-state index contributed by atoms with van der Waals surface area (Å²) in [5, 5.41) is 0. The molecule has 1 nitrogen and oxygen atoms in total. The summed E-state index contributed by atoms with van der Waals surface area (Å²) in [5.41, 5.74) is 2.62. The van der Waals surface area contributed by atoms with Crippen molar-refractivity contribution < 1.29 is 9.13 Å².